The van der Waals surface area contributed by atoms with Gasteiger partial charge in [-0.25, -0.2) is 0 Å². The van der Waals surface area contributed by atoms with Crippen LogP contribution in [0.2, 0.25) is 0 Å². The molecular weight excluding hydrogens is 258 g/mol. The second-order valence-electron chi connectivity index (χ2n) is 4.40. The van der Waals surface area contributed by atoms with Gasteiger partial charge in [-0.3, -0.25) is 15.1 Å². The van der Waals surface area contributed by atoms with Crippen molar-refractivity contribution >= 4 is 22.1 Å². The minimum Gasteiger partial charge on any atom is -0.380 e. The first kappa shape index (κ1) is 14.2. The molecule has 2 aromatic rings. The predicted octanol–water partition coefficient (Wildman–Crippen LogP) is 2.62. The Bertz CT molecular complexity index is 616. The minimum absolute atomic E-state index is 0.0788. The van der Waals surface area contributed by atoms with Gasteiger partial charge < -0.3 is 9.64 Å². The number of hydrogen-bond acceptors (Lipinski definition) is 5. The van der Waals surface area contributed by atoms with Gasteiger partial charge in [0, 0.05) is 49.7 Å². The van der Waals surface area contributed by atoms with Crippen LogP contribution in [0.25, 0.3) is 10.8 Å². The number of rotatable bonds is 6. The number of hydrogen-bond donors (Lipinski definition) is 0. The average Bonchev–Trinajstić information content (AvgIpc) is 2.46. The fraction of sp³-hybridized carbons (Fsp3) is 0.357. The lowest BCUT2D eigenvalue weighted by Crippen LogP contribution is -2.22. The summed E-state index contributed by atoms with van der Waals surface area (Å²) in [5.41, 5.74) is 1.02. The number of nitro benzene ring substituents is 1. The van der Waals surface area contributed by atoms with E-state index in [1.807, 2.05) is 18.9 Å². The standard InChI is InChI=1S/C14H17N3O3/c1-3-20-9-8-16(2)13-4-5-14(17(18)19)12-10-15-7-6-11(12)13/h4-7,10H,3,8-9H2,1-2H3. The molecule has 6 nitrogen and oxygen atoms in total. The Kier molecular flexibility index (Phi) is 4.47. The van der Waals surface area contributed by atoms with Crippen molar-refractivity contribution in [2.45, 2.75) is 6.92 Å². The molecule has 1 aromatic heterocycles. The molecule has 0 aliphatic rings. The smallest absolute Gasteiger partial charge is 0.278 e. The van der Waals surface area contributed by atoms with E-state index in [0.29, 0.717) is 18.6 Å². The maximum Gasteiger partial charge on any atom is 0.278 e. The molecular formula is C14H17N3O3. The van der Waals surface area contributed by atoms with Crippen molar-refractivity contribution in [3.05, 3.63) is 40.7 Å². The lowest BCUT2D eigenvalue weighted by molar-refractivity contribution is -0.383. The summed E-state index contributed by atoms with van der Waals surface area (Å²) in [7, 11) is 1.94. The molecule has 106 valence electrons. The van der Waals surface area contributed by atoms with E-state index < -0.39 is 0 Å². The molecule has 20 heavy (non-hydrogen) atoms. The summed E-state index contributed by atoms with van der Waals surface area (Å²) in [6.45, 7) is 3.98. The van der Waals surface area contributed by atoms with Gasteiger partial charge in [-0.1, -0.05) is 0 Å². The Morgan fingerprint density at radius 1 is 1.35 bits per heavy atom. The predicted molar refractivity (Wildman–Crippen MR) is 78.2 cm³/mol. The first-order valence-electron chi connectivity index (χ1n) is 6.45. The molecule has 0 saturated heterocycles. The Labute approximate surface area is 117 Å². The molecule has 0 saturated carbocycles. The largest absolute Gasteiger partial charge is 0.380 e. The number of pyridine rings is 1. The van der Waals surface area contributed by atoms with Gasteiger partial charge >= 0.3 is 0 Å². The number of likely N-dealkylation sites (N-methyl/N-ethyl adjacent to an activating group) is 1. The van der Waals surface area contributed by atoms with E-state index in [0.717, 1.165) is 17.6 Å². The van der Waals surface area contributed by atoms with Crippen molar-refractivity contribution in [3.8, 4) is 0 Å². The maximum absolute atomic E-state index is 11.1. The molecule has 2 rings (SSSR count). The molecule has 0 bridgehead atoms. The summed E-state index contributed by atoms with van der Waals surface area (Å²) in [5, 5.41) is 12.4. The SMILES string of the molecule is CCOCCN(C)c1ccc([N+](=O)[O-])c2cnccc12. The first-order valence-corrected chi connectivity index (χ1v) is 6.45. The van der Waals surface area contributed by atoms with Crippen LogP contribution in [0, 0.1) is 10.1 Å². The zero-order valence-electron chi connectivity index (χ0n) is 11.6. The van der Waals surface area contributed by atoms with Crippen LogP contribution >= 0.6 is 0 Å². The topological polar surface area (TPSA) is 68.5 Å². The number of ether oxygens (including phenoxy) is 1. The normalized spacial score (nSPS) is 10.7. The highest BCUT2D eigenvalue weighted by Crippen LogP contribution is 2.32. The first-order chi connectivity index (χ1) is 9.65. The molecule has 6 heteroatoms. The van der Waals surface area contributed by atoms with E-state index in [2.05, 4.69) is 4.98 Å². The molecule has 0 atom stereocenters. The van der Waals surface area contributed by atoms with E-state index in [4.69, 9.17) is 4.74 Å². The summed E-state index contributed by atoms with van der Waals surface area (Å²) < 4.78 is 5.34. The fourth-order valence-corrected chi connectivity index (χ4v) is 2.12. The number of non-ortho nitro benzene ring substituents is 1. The van der Waals surface area contributed by atoms with E-state index >= 15 is 0 Å². The van der Waals surface area contributed by atoms with Gasteiger partial charge in [0.1, 0.15) is 0 Å². The Balaban J connectivity index is 2.40. The number of nitro groups is 1. The van der Waals surface area contributed by atoms with Crippen molar-refractivity contribution in [3.63, 3.8) is 0 Å². The van der Waals surface area contributed by atoms with Crippen molar-refractivity contribution in [2.24, 2.45) is 0 Å². The third kappa shape index (κ3) is 2.85. The highest BCUT2D eigenvalue weighted by atomic mass is 16.6. The van der Waals surface area contributed by atoms with E-state index in [-0.39, 0.29) is 10.6 Å². The van der Waals surface area contributed by atoms with Crippen LogP contribution in [0.3, 0.4) is 0 Å². The zero-order chi connectivity index (χ0) is 14.5. The van der Waals surface area contributed by atoms with Gasteiger partial charge in [0.15, 0.2) is 0 Å². The highest BCUT2D eigenvalue weighted by Gasteiger charge is 2.15. The number of fused-ring (bicyclic) bond motifs is 1. The van der Waals surface area contributed by atoms with Gasteiger partial charge in [0.25, 0.3) is 5.69 Å². The summed E-state index contributed by atoms with van der Waals surface area (Å²) >= 11 is 0. The monoisotopic (exact) mass is 275 g/mol. The van der Waals surface area contributed by atoms with Crippen molar-refractivity contribution in [2.75, 3.05) is 31.7 Å². The van der Waals surface area contributed by atoms with Gasteiger partial charge in [-0.05, 0) is 19.1 Å². The summed E-state index contributed by atoms with van der Waals surface area (Å²) in [6, 6.07) is 5.10. The van der Waals surface area contributed by atoms with Crippen LogP contribution in [0.15, 0.2) is 30.6 Å². The lowest BCUT2D eigenvalue weighted by Gasteiger charge is -2.20. The zero-order valence-corrected chi connectivity index (χ0v) is 11.6. The van der Waals surface area contributed by atoms with Crippen molar-refractivity contribution in [1.82, 2.24) is 4.98 Å². The number of aromatic nitrogens is 1. The molecule has 1 heterocycles. The van der Waals surface area contributed by atoms with Crippen LogP contribution in [-0.2, 0) is 4.74 Å². The second kappa shape index (κ2) is 6.29. The second-order valence-corrected chi connectivity index (χ2v) is 4.40. The molecule has 0 unspecified atom stereocenters. The van der Waals surface area contributed by atoms with Gasteiger partial charge in [-0.15, -0.1) is 0 Å². The summed E-state index contributed by atoms with van der Waals surface area (Å²) in [4.78, 5) is 16.7. The average molecular weight is 275 g/mol. The van der Waals surface area contributed by atoms with E-state index in [1.165, 1.54) is 12.3 Å². The Morgan fingerprint density at radius 2 is 2.15 bits per heavy atom. The molecule has 0 N–H and O–H groups in total. The Morgan fingerprint density at radius 3 is 2.85 bits per heavy atom. The number of nitrogens with zero attached hydrogens (tertiary/aromatic N) is 3. The molecule has 0 aliphatic carbocycles. The van der Waals surface area contributed by atoms with Crippen molar-refractivity contribution < 1.29 is 9.66 Å². The fourth-order valence-electron chi connectivity index (χ4n) is 2.12. The molecule has 0 amide bonds. The minimum atomic E-state index is -0.381. The van der Waals surface area contributed by atoms with Crippen LogP contribution in [-0.4, -0.2) is 36.7 Å². The third-order valence-corrected chi connectivity index (χ3v) is 3.16. The van der Waals surface area contributed by atoms with Gasteiger partial charge in [0.05, 0.1) is 16.9 Å². The van der Waals surface area contributed by atoms with Gasteiger partial charge in [-0.2, -0.15) is 0 Å². The lowest BCUT2D eigenvalue weighted by atomic mass is 10.1. The van der Waals surface area contributed by atoms with E-state index in [1.54, 1.807) is 18.3 Å². The van der Waals surface area contributed by atoms with Crippen LogP contribution in [0.1, 0.15) is 6.92 Å². The molecule has 0 spiro atoms. The molecule has 0 aliphatic heterocycles. The quantitative estimate of drug-likeness (QED) is 0.460. The molecule has 0 radical (unpaired) electrons. The van der Waals surface area contributed by atoms with Crippen LogP contribution in [0.4, 0.5) is 11.4 Å². The Hall–Kier alpha value is -2.21. The number of benzene rings is 1. The molecule has 0 fully saturated rings. The third-order valence-electron chi connectivity index (χ3n) is 3.16. The van der Waals surface area contributed by atoms with Crippen LogP contribution in [0.5, 0.6) is 0 Å². The van der Waals surface area contributed by atoms with Gasteiger partial charge in [0.2, 0.25) is 0 Å². The number of anilines is 1. The van der Waals surface area contributed by atoms with Crippen LogP contribution < -0.4 is 4.90 Å². The maximum atomic E-state index is 11.1. The highest BCUT2D eigenvalue weighted by molar-refractivity contribution is 5.99. The van der Waals surface area contributed by atoms with Crippen molar-refractivity contribution in [1.29, 1.82) is 0 Å². The van der Waals surface area contributed by atoms with E-state index in [9.17, 15) is 10.1 Å². The summed E-state index contributed by atoms with van der Waals surface area (Å²) in [6.07, 6.45) is 3.18. The molecule has 1 aromatic carbocycles. The summed E-state index contributed by atoms with van der Waals surface area (Å²) in [5.74, 6) is 0.